The van der Waals surface area contributed by atoms with Crippen molar-refractivity contribution in [2.45, 2.75) is 52.4 Å². The molecule has 0 heterocycles. The average Bonchev–Trinajstić information content (AvgIpc) is 2.66. The van der Waals surface area contributed by atoms with Crippen molar-refractivity contribution in [3.8, 4) is 16.9 Å². The van der Waals surface area contributed by atoms with E-state index >= 15 is 0 Å². The van der Waals surface area contributed by atoms with Gasteiger partial charge < -0.3 is 4.74 Å². The molecule has 1 atom stereocenters. The SMILES string of the molecule is C/C=C/CCOc1ccc(-c2ccc3c(c2)CCC(CCC)C3)cc1. The molecule has 1 aliphatic rings. The van der Waals surface area contributed by atoms with Crippen LogP contribution in [0.25, 0.3) is 11.1 Å². The number of benzene rings is 2. The van der Waals surface area contributed by atoms with Crippen molar-refractivity contribution in [2.24, 2.45) is 5.92 Å². The number of rotatable bonds is 7. The Balaban J connectivity index is 1.66. The maximum Gasteiger partial charge on any atom is 0.119 e. The molecule has 0 fully saturated rings. The first-order chi connectivity index (χ1) is 12.3. The number of aryl methyl sites for hydroxylation is 1. The van der Waals surface area contributed by atoms with E-state index in [1.54, 1.807) is 11.1 Å². The molecule has 0 spiro atoms. The van der Waals surface area contributed by atoms with E-state index in [1.165, 1.54) is 43.2 Å². The molecular formula is C24H30O. The highest BCUT2D eigenvalue weighted by Crippen LogP contribution is 2.32. The van der Waals surface area contributed by atoms with Crippen molar-refractivity contribution in [3.63, 3.8) is 0 Å². The summed E-state index contributed by atoms with van der Waals surface area (Å²) < 4.78 is 5.77. The van der Waals surface area contributed by atoms with E-state index in [0.29, 0.717) is 0 Å². The lowest BCUT2D eigenvalue weighted by Gasteiger charge is -2.24. The summed E-state index contributed by atoms with van der Waals surface area (Å²) in [6.45, 7) is 5.07. The van der Waals surface area contributed by atoms with Crippen LogP contribution in [0, 0.1) is 5.92 Å². The largest absolute Gasteiger partial charge is 0.493 e. The van der Waals surface area contributed by atoms with Gasteiger partial charge in [-0.25, -0.2) is 0 Å². The molecule has 2 aromatic carbocycles. The summed E-state index contributed by atoms with van der Waals surface area (Å²) in [5, 5.41) is 0. The Morgan fingerprint density at radius 3 is 2.60 bits per heavy atom. The van der Waals surface area contributed by atoms with Gasteiger partial charge >= 0.3 is 0 Å². The van der Waals surface area contributed by atoms with Crippen LogP contribution in [-0.2, 0) is 12.8 Å². The molecule has 0 saturated heterocycles. The minimum atomic E-state index is 0.738. The Morgan fingerprint density at radius 1 is 1.04 bits per heavy atom. The molecule has 0 bridgehead atoms. The molecule has 0 aliphatic heterocycles. The third kappa shape index (κ3) is 4.75. The second-order valence-electron chi connectivity index (χ2n) is 7.11. The summed E-state index contributed by atoms with van der Waals surface area (Å²) in [4.78, 5) is 0. The Hall–Kier alpha value is -2.02. The highest BCUT2D eigenvalue weighted by molar-refractivity contribution is 5.66. The van der Waals surface area contributed by atoms with Crippen molar-refractivity contribution in [3.05, 3.63) is 65.7 Å². The summed E-state index contributed by atoms with van der Waals surface area (Å²) in [5.74, 6) is 1.84. The fraction of sp³-hybridized carbons (Fsp3) is 0.417. The molecule has 1 nitrogen and oxygen atoms in total. The number of ether oxygens (including phenoxy) is 1. The molecule has 1 unspecified atom stereocenters. The van der Waals surface area contributed by atoms with Crippen molar-refractivity contribution >= 4 is 0 Å². The Kier molecular flexibility index (Phi) is 6.33. The van der Waals surface area contributed by atoms with Crippen molar-refractivity contribution in [2.75, 3.05) is 6.61 Å². The van der Waals surface area contributed by atoms with Crippen LogP contribution >= 0.6 is 0 Å². The first-order valence-electron chi connectivity index (χ1n) is 9.76. The van der Waals surface area contributed by atoms with E-state index in [9.17, 15) is 0 Å². The van der Waals surface area contributed by atoms with Gasteiger partial charge in [-0.15, -0.1) is 0 Å². The van der Waals surface area contributed by atoms with E-state index < -0.39 is 0 Å². The van der Waals surface area contributed by atoms with Crippen LogP contribution in [0.15, 0.2) is 54.6 Å². The maximum absolute atomic E-state index is 5.77. The van der Waals surface area contributed by atoms with Gasteiger partial charge in [0, 0.05) is 0 Å². The highest BCUT2D eigenvalue weighted by atomic mass is 16.5. The van der Waals surface area contributed by atoms with Crippen molar-refractivity contribution in [1.29, 1.82) is 0 Å². The van der Waals surface area contributed by atoms with E-state index in [-0.39, 0.29) is 0 Å². The molecule has 0 amide bonds. The Labute approximate surface area is 152 Å². The first-order valence-corrected chi connectivity index (χ1v) is 9.76. The van der Waals surface area contributed by atoms with Gasteiger partial charge in [0.15, 0.2) is 0 Å². The zero-order chi connectivity index (χ0) is 17.5. The molecule has 25 heavy (non-hydrogen) atoms. The molecule has 2 aromatic rings. The molecule has 0 N–H and O–H groups in total. The standard InChI is InChI=1S/C24H30O/c1-3-5-6-16-25-24-14-12-20(13-15-24)22-11-10-21-17-19(7-4-2)8-9-23(21)18-22/h3,5,10-15,18-19H,4,6-9,16-17H2,1-2H3/b5-3+. The number of hydrogen-bond donors (Lipinski definition) is 0. The smallest absolute Gasteiger partial charge is 0.119 e. The van der Waals surface area contributed by atoms with Gasteiger partial charge in [0.2, 0.25) is 0 Å². The second kappa shape index (κ2) is 8.89. The van der Waals surface area contributed by atoms with Crippen LogP contribution in [0.3, 0.4) is 0 Å². The Bertz CT molecular complexity index is 697. The van der Waals surface area contributed by atoms with Gasteiger partial charge in [-0.05, 0) is 72.9 Å². The Morgan fingerprint density at radius 2 is 1.84 bits per heavy atom. The van der Waals surface area contributed by atoms with Crippen LogP contribution < -0.4 is 4.74 Å². The van der Waals surface area contributed by atoms with Gasteiger partial charge in [-0.1, -0.05) is 62.2 Å². The third-order valence-electron chi connectivity index (χ3n) is 5.21. The molecule has 0 aromatic heterocycles. The minimum Gasteiger partial charge on any atom is -0.493 e. The van der Waals surface area contributed by atoms with E-state index in [4.69, 9.17) is 4.74 Å². The fourth-order valence-electron chi connectivity index (χ4n) is 3.82. The second-order valence-corrected chi connectivity index (χ2v) is 7.11. The summed E-state index contributed by atoms with van der Waals surface area (Å²) in [5.41, 5.74) is 5.72. The monoisotopic (exact) mass is 334 g/mol. The predicted octanol–water partition coefficient (Wildman–Crippen LogP) is 6.60. The molecule has 132 valence electrons. The summed E-state index contributed by atoms with van der Waals surface area (Å²) in [7, 11) is 0. The van der Waals surface area contributed by atoms with Crippen LogP contribution in [0.4, 0.5) is 0 Å². The van der Waals surface area contributed by atoms with Gasteiger partial charge in [-0.3, -0.25) is 0 Å². The maximum atomic E-state index is 5.77. The summed E-state index contributed by atoms with van der Waals surface area (Å²) >= 11 is 0. The number of fused-ring (bicyclic) bond motifs is 1. The van der Waals surface area contributed by atoms with Gasteiger partial charge in [0.05, 0.1) is 6.61 Å². The topological polar surface area (TPSA) is 9.23 Å². The molecule has 1 heteroatoms. The summed E-state index contributed by atoms with van der Waals surface area (Å²) in [6, 6.07) is 15.6. The summed E-state index contributed by atoms with van der Waals surface area (Å²) in [6.07, 6.45) is 11.7. The quantitative estimate of drug-likeness (QED) is 0.409. The van der Waals surface area contributed by atoms with E-state index in [1.807, 2.05) is 6.92 Å². The fourth-order valence-corrected chi connectivity index (χ4v) is 3.82. The molecular weight excluding hydrogens is 304 g/mol. The lowest BCUT2D eigenvalue weighted by molar-refractivity contribution is 0.325. The number of allylic oxidation sites excluding steroid dienone is 1. The van der Waals surface area contributed by atoms with Crippen LogP contribution in [0.2, 0.25) is 0 Å². The van der Waals surface area contributed by atoms with Gasteiger partial charge in [-0.2, -0.15) is 0 Å². The van der Waals surface area contributed by atoms with Crippen LogP contribution in [0.5, 0.6) is 5.75 Å². The van der Waals surface area contributed by atoms with E-state index in [0.717, 1.165) is 24.7 Å². The first kappa shape index (κ1) is 17.8. The van der Waals surface area contributed by atoms with Crippen molar-refractivity contribution < 1.29 is 4.74 Å². The predicted molar refractivity (Wildman–Crippen MR) is 107 cm³/mol. The third-order valence-corrected chi connectivity index (χ3v) is 5.21. The lowest BCUT2D eigenvalue weighted by atomic mass is 9.81. The van der Waals surface area contributed by atoms with Crippen molar-refractivity contribution in [1.82, 2.24) is 0 Å². The van der Waals surface area contributed by atoms with Gasteiger partial charge in [0.1, 0.15) is 5.75 Å². The average molecular weight is 335 g/mol. The van der Waals surface area contributed by atoms with Crippen LogP contribution in [-0.4, -0.2) is 6.61 Å². The van der Waals surface area contributed by atoms with E-state index in [2.05, 4.69) is 61.5 Å². The molecule has 0 saturated carbocycles. The minimum absolute atomic E-state index is 0.738. The number of hydrogen-bond acceptors (Lipinski definition) is 1. The zero-order valence-electron chi connectivity index (χ0n) is 15.6. The van der Waals surface area contributed by atoms with Gasteiger partial charge in [0.25, 0.3) is 0 Å². The lowest BCUT2D eigenvalue weighted by Crippen LogP contribution is -2.14. The highest BCUT2D eigenvalue weighted by Gasteiger charge is 2.18. The molecule has 1 aliphatic carbocycles. The molecule has 3 rings (SSSR count). The molecule has 0 radical (unpaired) electrons. The zero-order valence-corrected chi connectivity index (χ0v) is 15.6. The normalized spacial score (nSPS) is 16.8. The van der Waals surface area contributed by atoms with Crippen LogP contribution in [0.1, 0.15) is 50.7 Å².